The third-order valence-electron chi connectivity index (χ3n) is 4.22. The molecule has 0 fully saturated rings. The molecule has 1 unspecified atom stereocenters. The van der Waals surface area contributed by atoms with Crippen LogP contribution < -0.4 is 14.8 Å². The molecule has 1 amide bonds. The summed E-state index contributed by atoms with van der Waals surface area (Å²) < 4.78 is 11.5. The number of ether oxygens (including phenoxy) is 2. The zero-order valence-corrected chi connectivity index (χ0v) is 14.8. The predicted molar refractivity (Wildman–Crippen MR) is 97.4 cm³/mol. The normalized spacial score (nSPS) is 15.4. The first-order valence-corrected chi connectivity index (χ1v) is 8.68. The summed E-state index contributed by atoms with van der Waals surface area (Å²) in [7, 11) is 0. The molecule has 138 valence electrons. The minimum Gasteiger partial charge on any atom is -0.486 e. The number of amides is 1. The molecular weight excluding hydrogens is 346 g/mol. The lowest BCUT2D eigenvalue weighted by molar-refractivity contribution is -0.122. The van der Waals surface area contributed by atoms with Gasteiger partial charge in [-0.1, -0.05) is 36.4 Å². The first-order chi connectivity index (χ1) is 13.2. The first-order valence-electron chi connectivity index (χ1n) is 8.68. The second kappa shape index (κ2) is 7.45. The molecule has 1 N–H and O–H groups in total. The van der Waals surface area contributed by atoms with Crippen molar-refractivity contribution in [3.8, 4) is 22.9 Å². The standard InChI is InChI=1S/C19H19N5O3/c1-13-6-2-3-7-15(13)19-21-23-24(22-19)11-18(25)20-10-14-12-26-16-8-4-5-9-17(16)27-14/h2-9,14H,10-12H2,1H3,(H,20,25). The van der Waals surface area contributed by atoms with Crippen molar-refractivity contribution in [2.75, 3.05) is 13.2 Å². The Balaban J connectivity index is 1.31. The molecule has 4 rings (SSSR count). The van der Waals surface area contributed by atoms with Crippen molar-refractivity contribution in [1.29, 1.82) is 0 Å². The number of hydrogen-bond acceptors (Lipinski definition) is 6. The summed E-state index contributed by atoms with van der Waals surface area (Å²) in [6.45, 7) is 2.69. The Morgan fingerprint density at radius 2 is 1.96 bits per heavy atom. The smallest absolute Gasteiger partial charge is 0.243 e. The van der Waals surface area contributed by atoms with Gasteiger partial charge in [0.1, 0.15) is 19.3 Å². The topological polar surface area (TPSA) is 91.2 Å². The minimum atomic E-state index is -0.241. The largest absolute Gasteiger partial charge is 0.486 e. The summed E-state index contributed by atoms with van der Waals surface area (Å²) in [6.07, 6.45) is -0.241. The number of benzene rings is 2. The van der Waals surface area contributed by atoms with Gasteiger partial charge in [0.15, 0.2) is 11.5 Å². The monoisotopic (exact) mass is 365 g/mol. The molecule has 1 aromatic heterocycles. The number of tetrazole rings is 1. The number of rotatable bonds is 5. The van der Waals surface area contributed by atoms with E-state index in [1.165, 1.54) is 4.80 Å². The Morgan fingerprint density at radius 3 is 2.81 bits per heavy atom. The molecule has 0 saturated carbocycles. The number of nitrogens with one attached hydrogen (secondary N) is 1. The maximum absolute atomic E-state index is 12.2. The van der Waals surface area contributed by atoms with Crippen LogP contribution in [0.15, 0.2) is 48.5 Å². The average molecular weight is 365 g/mol. The van der Waals surface area contributed by atoms with Crippen molar-refractivity contribution in [2.45, 2.75) is 19.6 Å². The van der Waals surface area contributed by atoms with Crippen LogP contribution in [0.25, 0.3) is 11.4 Å². The molecule has 3 aromatic rings. The van der Waals surface area contributed by atoms with Crippen molar-refractivity contribution >= 4 is 5.91 Å². The molecule has 0 aliphatic carbocycles. The Morgan fingerprint density at radius 1 is 1.19 bits per heavy atom. The summed E-state index contributed by atoms with van der Waals surface area (Å²) in [5.74, 6) is 1.69. The lowest BCUT2D eigenvalue weighted by Gasteiger charge is -2.26. The number of carbonyl (C=O) groups excluding carboxylic acids is 1. The van der Waals surface area contributed by atoms with E-state index >= 15 is 0 Å². The van der Waals surface area contributed by atoms with Crippen LogP contribution in [-0.2, 0) is 11.3 Å². The van der Waals surface area contributed by atoms with Gasteiger partial charge in [-0.2, -0.15) is 4.80 Å². The van der Waals surface area contributed by atoms with Crippen molar-refractivity contribution in [3.63, 3.8) is 0 Å². The summed E-state index contributed by atoms with van der Waals surface area (Å²) in [5, 5.41) is 15.1. The highest BCUT2D eigenvalue weighted by molar-refractivity contribution is 5.75. The van der Waals surface area contributed by atoms with E-state index in [0.717, 1.165) is 16.9 Å². The number of aromatic nitrogens is 4. The van der Waals surface area contributed by atoms with Crippen LogP contribution in [0.1, 0.15) is 5.56 Å². The van der Waals surface area contributed by atoms with Gasteiger partial charge < -0.3 is 14.8 Å². The number of para-hydroxylation sites is 2. The number of aryl methyl sites for hydroxylation is 1. The van der Waals surface area contributed by atoms with Crippen LogP contribution in [0, 0.1) is 6.92 Å². The van der Waals surface area contributed by atoms with E-state index in [0.29, 0.717) is 24.7 Å². The fourth-order valence-corrected chi connectivity index (χ4v) is 2.82. The van der Waals surface area contributed by atoms with Gasteiger partial charge in [0.25, 0.3) is 0 Å². The number of nitrogens with zero attached hydrogens (tertiary/aromatic N) is 4. The summed E-state index contributed by atoms with van der Waals surface area (Å²) >= 11 is 0. The molecule has 1 aliphatic heterocycles. The van der Waals surface area contributed by atoms with Crippen LogP contribution in [0.5, 0.6) is 11.5 Å². The molecule has 2 aromatic carbocycles. The van der Waals surface area contributed by atoms with E-state index in [2.05, 4.69) is 20.7 Å². The van der Waals surface area contributed by atoms with Crippen molar-refractivity contribution in [2.24, 2.45) is 0 Å². The highest BCUT2D eigenvalue weighted by Gasteiger charge is 2.21. The third kappa shape index (κ3) is 3.89. The molecule has 8 nitrogen and oxygen atoms in total. The molecule has 0 radical (unpaired) electrons. The highest BCUT2D eigenvalue weighted by Crippen LogP contribution is 2.30. The van der Waals surface area contributed by atoms with Crippen molar-refractivity contribution < 1.29 is 14.3 Å². The average Bonchev–Trinajstić information content (AvgIpc) is 3.14. The number of carbonyl (C=O) groups is 1. The summed E-state index contributed by atoms with van der Waals surface area (Å²) in [6, 6.07) is 15.2. The maximum atomic E-state index is 12.2. The molecule has 1 aliphatic rings. The van der Waals surface area contributed by atoms with Crippen LogP contribution in [0.4, 0.5) is 0 Å². The van der Waals surface area contributed by atoms with E-state index in [4.69, 9.17) is 9.47 Å². The maximum Gasteiger partial charge on any atom is 0.243 e. The van der Waals surface area contributed by atoms with Crippen LogP contribution in [0.2, 0.25) is 0 Å². The fraction of sp³-hybridized carbons (Fsp3) is 0.263. The lowest BCUT2D eigenvalue weighted by Crippen LogP contribution is -2.41. The zero-order valence-electron chi connectivity index (χ0n) is 14.8. The van der Waals surface area contributed by atoms with Gasteiger partial charge in [-0.3, -0.25) is 4.79 Å². The van der Waals surface area contributed by atoms with E-state index in [1.54, 1.807) is 0 Å². The van der Waals surface area contributed by atoms with Gasteiger partial charge in [-0.05, 0) is 29.8 Å². The minimum absolute atomic E-state index is 0.0109. The van der Waals surface area contributed by atoms with Gasteiger partial charge in [0, 0.05) is 5.56 Å². The third-order valence-corrected chi connectivity index (χ3v) is 4.22. The molecule has 0 saturated heterocycles. The van der Waals surface area contributed by atoms with Crippen molar-refractivity contribution in [1.82, 2.24) is 25.5 Å². The summed E-state index contributed by atoms with van der Waals surface area (Å²) in [5.41, 5.74) is 1.95. The van der Waals surface area contributed by atoms with E-state index < -0.39 is 0 Å². The second-order valence-corrected chi connectivity index (χ2v) is 6.26. The SMILES string of the molecule is Cc1ccccc1-c1nnn(CC(=O)NCC2COc3ccccc3O2)n1. The van der Waals surface area contributed by atoms with Gasteiger partial charge in [-0.25, -0.2) is 0 Å². The lowest BCUT2D eigenvalue weighted by atomic mass is 10.1. The van der Waals surface area contributed by atoms with Gasteiger partial charge in [-0.15, -0.1) is 10.2 Å². The molecule has 8 heteroatoms. The van der Waals surface area contributed by atoms with Crippen molar-refractivity contribution in [3.05, 3.63) is 54.1 Å². The van der Waals surface area contributed by atoms with Gasteiger partial charge in [0.2, 0.25) is 11.7 Å². The Kier molecular flexibility index (Phi) is 4.69. The second-order valence-electron chi connectivity index (χ2n) is 6.26. The van der Waals surface area contributed by atoms with E-state index in [-0.39, 0.29) is 18.6 Å². The van der Waals surface area contributed by atoms with Gasteiger partial charge >= 0.3 is 0 Å². The molecule has 27 heavy (non-hydrogen) atoms. The quantitative estimate of drug-likeness (QED) is 0.739. The Labute approximate surface area is 156 Å². The Bertz CT molecular complexity index is 956. The molecule has 1 atom stereocenters. The molecule has 0 bridgehead atoms. The molecule has 0 spiro atoms. The highest BCUT2D eigenvalue weighted by atomic mass is 16.6. The number of fused-ring (bicyclic) bond motifs is 1. The van der Waals surface area contributed by atoms with Crippen LogP contribution in [0.3, 0.4) is 0 Å². The fourth-order valence-electron chi connectivity index (χ4n) is 2.82. The zero-order chi connectivity index (χ0) is 18.6. The Hall–Kier alpha value is -3.42. The predicted octanol–water partition coefficient (Wildman–Crippen LogP) is 1.60. The van der Waals surface area contributed by atoms with E-state index in [1.807, 2.05) is 55.5 Å². The molecule has 2 heterocycles. The molecular formula is C19H19N5O3. The van der Waals surface area contributed by atoms with Crippen LogP contribution >= 0.6 is 0 Å². The number of hydrogen-bond donors (Lipinski definition) is 1. The summed E-state index contributed by atoms with van der Waals surface area (Å²) in [4.78, 5) is 13.5. The first kappa shape index (κ1) is 17.0. The van der Waals surface area contributed by atoms with E-state index in [9.17, 15) is 4.79 Å². The van der Waals surface area contributed by atoms with Gasteiger partial charge in [0.05, 0.1) is 6.54 Å². The van der Waals surface area contributed by atoms with Crippen LogP contribution in [-0.4, -0.2) is 45.4 Å².